The fraction of sp³-hybridized carbons (Fsp3) is 0.250. The number of pyridine rings is 1. The highest BCUT2D eigenvalue weighted by atomic mass is 19.1. The van der Waals surface area contributed by atoms with Crippen molar-refractivity contribution in [2.75, 3.05) is 19.6 Å². The molecule has 1 atom stereocenters. The summed E-state index contributed by atoms with van der Waals surface area (Å²) in [7, 11) is 0. The standard InChI is InChI=1S/C24H24FN5O/c1-16-12-28(9-8-26-16)21-7-6-20-5-3-4-18(11-23(31)30(20)15-21)19-10-22(25)24-27-17(2)13-29(24)14-19/h3-7,10-11,13-16,26H,8-9,12H2,1-2H3/b4-3?,18-11?,20-5+/t16-/m1/s1. The second kappa shape index (κ2) is 7.67. The van der Waals surface area contributed by atoms with Gasteiger partial charge in [-0.1, -0.05) is 12.2 Å². The summed E-state index contributed by atoms with van der Waals surface area (Å²) in [5.74, 6) is -0.584. The number of hydrogen-bond acceptors (Lipinski definition) is 4. The number of allylic oxidation sites excluding steroid dienone is 6. The number of nitrogens with one attached hydrogen (secondary N) is 1. The Morgan fingerprint density at radius 1 is 1.19 bits per heavy atom. The number of aromatic nitrogens is 2. The van der Waals surface area contributed by atoms with Crippen LogP contribution in [0.1, 0.15) is 18.2 Å². The van der Waals surface area contributed by atoms with E-state index in [1.807, 2.05) is 37.4 Å². The number of halogens is 1. The third kappa shape index (κ3) is 3.72. The van der Waals surface area contributed by atoms with E-state index in [1.165, 1.54) is 6.07 Å². The van der Waals surface area contributed by atoms with Gasteiger partial charge in [0.1, 0.15) is 0 Å². The lowest BCUT2D eigenvalue weighted by atomic mass is 10.0. The quantitative estimate of drug-likeness (QED) is 0.816. The molecule has 2 aromatic rings. The number of imidazole rings is 1. The highest BCUT2D eigenvalue weighted by molar-refractivity contribution is 5.99. The molecule has 31 heavy (non-hydrogen) atoms. The van der Waals surface area contributed by atoms with Crippen LogP contribution in [0.5, 0.6) is 0 Å². The molecule has 1 saturated heterocycles. The summed E-state index contributed by atoms with van der Waals surface area (Å²) in [5.41, 5.74) is 4.10. The van der Waals surface area contributed by atoms with Crippen LogP contribution < -0.4 is 5.32 Å². The van der Waals surface area contributed by atoms with Gasteiger partial charge < -0.3 is 14.6 Å². The van der Waals surface area contributed by atoms with E-state index < -0.39 is 5.82 Å². The summed E-state index contributed by atoms with van der Waals surface area (Å²) in [6, 6.07) is 1.82. The van der Waals surface area contributed by atoms with Crippen LogP contribution >= 0.6 is 0 Å². The lowest BCUT2D eigenvalue weighted by molar-refractivity contribution is -0.122. The van der Waals surface area contributed by atoms with Crippen molar-refractivity contribution in [2.24, 2.45) is 0 Å². The molecule has 3 aliphatic rings. The van der Waals surface area contributed by atoms with E-state index in [0.29, 0.717) is 17.2 Å². The Morgan fingerprint density at radius 3 is 2.87 bits per heavy atom. The molecular formula is C24H24FN5O. The number of aryl methyl sites for hydroxylation is 1. The second-order valence-electron chi connectivity index (χ2n) is 8.14. The average Bonchev–Trinajstić information content (AvgIpc) is 3.12. The summed E-state index contributed by atoms with van der Waals surface area (Å²) < 4.78 is 16.2. The average molecular weight is 417 g/mol. The zero-order valence-electron chi connectivity index (χ0n) is 17.5. The summed E-state index contributed by atoms with van der Waals surface area (Å²) in [4.78, 5) is 21.3. The Morgan fingerprint density at radius 2 is 2.03 bits per heavy atom. The van der Waals surface area contributed by atoms with Gasteiger partial charge in [0.15, 0.2) is 11.5 Å². The number of hydrogen-bond donors (Lipinski definition) is 1. The third-order valence-corrected chi connectivity index (χ3v) is 5.72. The van der Waals surface area contributed by atoms with E-state index in [2.05, 4.69) is 28.2 Å². The maximum absolute atomic E-state index is 14.6. The highest BCUT2D eigenvalue weighted by Gasteiger charge is 2.23. The molecule has 1 amide bonds. The van der Waals surface area contributed by atoms with Crippen LogP contribution in [-0.2, 0) is 4.79 Å². The number of amides is 1. The molecule has 0 aliphatic carbocycles. The summed E-state index contributed by atoms with van der Waals surface area (Å²) in [5, 5.41) is 3.44. The monoisotopic (exact) mass is 417 g/mol. The van der Waals surface area contributed by atoms with Gasteiger partial charge in [0.25, 0.3) is 5.91 Å². The van der Waals surface area contributed by atoms with Crippen molar-refractivity contribution >= 4 is 17.1 Å². The number of carbonyl (C=O) groups excluding carboxylic acids is 1. The Balaban J connectivity index is 1.49. The third-order valence-electron chi connectivity index (χ3n) is 5.72. The van der Waals surface area contributed by atoms with Crippen molar-refractivity contribution in [3.05, 3.63) is 89.6 Å². The minimum absolute atomic E-state index is 0.169. The fourth-order valence-electron chi connectivity index (χ4n) is 4.20. The number of nitrogens with zero attached hydrogens (tertiary/aromatic N) is 4. The van der Waals surface area contributed by atoms with Crippen LogP contribution in [0.3, 0.4) is 0 Å². The number of rotatable bonds is 2. The number of fused-ring (bicyclic) bond motifs is 2. The fourth-order valence-corrected chi connectivity index (χ4v) is 4.20. The predicted octanol–water partition coefficient (Wildman–Crippen LogP) is 3.15. The van der Waals surface area contributed by atoms with Crippen molar-refractivity contribution in [2.45, 2.75) is 19.9 Å². The van der Waals surface area contributed by atoms with Crippen molar-refractivity contribution in [1.29, 1.82) is 0 Å². The molecule has 0 radical (unpaired) electrons. The van der Waals surface area contributed by atoms with Gasteiger partial charge in [0, 0.05) is 61.6 Å². The van der Waals surface area contributed by atoms with Crippen LogP contribution in [0, 0.1) is 12.7 Å². The first-order chi connectivity index (χ1) is 15.0. The molecule has 0 saturated carbocycles. The first kappa shape index (κ1) is 19.5. The SMILES string of the molecule is Cc1cn2cc(C3=CC(=O)N4C=C(N5CCN[C@H](C)C5)C=C/C4=C\C=C3)cc(F)c2n1. The van der Waals surface area contributed by atoms with Gasteiger partial charge in [-0.25, -0.2) is 9.37 Å². The zero-order chi connectivity index (χ0) is 21.5. The Bertz CT molecular complexity index is 1220. The minimum Gasteiger partial charge on any atom is -0.368 e. The molecule has 1 fully saturated rings. The molecule has 0 spiro atoms. The lowest BCUT2D eigenvalue weighted by Gasteiger charge is -2.36. The summed E-state index contributed by atoms with van der Waals surface area (Å²) >= 11 is 0. The van der Waals surface area contributed by atoms with Crippen LogP contribution in [0.15, 0.2) is 72.5 Å². The van der Waals surface area contributed by atoms with Crippen LogP contribution in [0.25, 0.3) is 11.2 Å². The van der Waals surface area contributed by atoms with Crippen molar-refractivity contribution < 1.29 is 9.18 Å². The topological polar surface area (TPSA) is 52.9 Å². The Hall–Kier alpha value is -3.45. The van der Waals surface area contributed by atoms with E-state index in [4.69, 9.17) is 0 Å². The number of carbonyl (C=O) groups is 1. The normalized spacial score (nSPS) is 23.1. The molecule has 3 aliphatic heterocycles. The first-order valence-electron chi connectivity index (χ1n) is 10.4. The summed E-state index contributed by atoms with van der Waals surface area (Å²) in [6.07, 6.45) is 16.6. The van der Waals surface area contributed by atoms with Crippen LogP contribution in [0.4, 0.5) is 4.39 Å². The maximum Gasteiger partial charge on any atom is 0.255 e. The van der Waals surface area contributed by atoms with Gasteiger partial charge in [0.2, 0.25) is 0 Å². The second-order valence-corrected chi connectivity index (χ2v) is 8.14. The molecule has 7 heteroatoms. The molecule has 6 nitrogen and oxygen atoms in total. The Labute approximate surface area is 180 Å². The van der Waals surface area contributed by atoms with Crippen LogP contribution in [0.2, 0.25) is 0 Å². The van der Waals surface area contributed by atoms with Gasteiger partial charge in [-0.2, -0.15) is 0 Å². The van der Waals surface area contributed by atoms with E-state index in [9.17, 15) is 9.18 Å². The van der Waals surface area contributed by atoms with Gasteiger partial charge in [0.05, 0.1) is 11.4 Å². The smallest absolute Gasteiger partial charge is 0.255 e. The molecule has 0 aromatic carbocycles. The van der Waals surface area contributed by atoms with E-state index in [1.54, 1.807) is 27.8 Å². The first-order valence-corrected chi connectivity index (χ1v) is 10.4. The molecule has 0 bridgehead atoms. The van der Waals surface area contributed by atoms with E-state index >= 15 is 0 Å². The summed E-state index contributed by atoms with van der Waals surface area (Å²) in [6.45, 7) is 6.68. The Kier molecular flexibility index (Phi) is 4.82. The maximum atomic E-state index is 14.6. The minimum atomic E-state index is -0.415. The lowest BCUT2D eigenvalue weighted by Crippen LogP contribution is -2.48. The van der Waals surface area contributed by atoms with Gasteiger partial charge in [-0.05, 0) is 43.7 Å². The molecule has 2 aromatic heterocycles. The van der Waals surface area contributed by atoms with Crippen molar-refractivity contribution in [3.63, 3.8) is 0 Å². The molecule has 5 heterocycles. The zero-order valence-corrected chi connectivity index (χ0v) is 17.5. The highest BCUT2D eigenvalue weighted by Crippen LogP contribution is 2.26. The van der Waals surface area contributed by atoms with E-state index in [-0.39, 0.29) is 11.6 Å². The molecule has 1 N–H and O–H groups in total. The molecule has 158 valence electrons. The van der Waals surface area contributed by atoms with E-state index in [0.717, 1.165) is 36.7 Å². The van der Waals surface area contributed by atoms with Crippen LogP contribution in [-0.4, -0.2) is 50.8 Å². The van der Waals surface area contributed by atoms with Gasteiger partial charge in [-0.15, -0.1) is 0 Å². The van der Waals surface area contributed by atoms with Crippen molar-refractivity contribution in [3.8, 4) is 0 Å². The van der Waals surface area contributed by atoms with Gasteiger partial charge >= 0.3 is 0 Å². The largest absolute Gasteiger partial charge is 0.368 e. The van der Waals surface area contributed by atoms with Crippen molar-refractivity contribution in [1.82, 2.24) is 24.5 Å². The number of piperazine rings is 1. The molecular weight excluding hydrogens is 393 g/mol. The molecule has 5 rings (SSSR count). The molecule has 0 unspecified atom stereocenters. The predicted molar refractivity (Wildman–Crippen MR) is 118 cm³/mol. The van der Waals surface area contributed by atoms with Gasteiger partial charge in [-0.3, -0.25) is 9.69 Å².